The highest BCUT2D eigenvalue weighted by molar-refractivity contribution is 7.22. The van der Waals surface area contributed by atoms with Crippen molar-refractivity contribution in [1.82, 2.24) is 4.98 Å². The van der Waals surface area contributed by atoms with E-state index in [0.29, 0.717) is 6.61 Å². The fraction of sp³-hybridized carbons (Fsp3) is 0.500. The number of methoxy groups -OCH3 is 1. The normalized spacial score (nSPS) is 10.9. The molecule has 0 saturated carbocycles. The topological polar surface area (TPSA) is 43.4 Å². The van der Waals surface area contributed by atoms with Gasteiger partial charge in [-0.3, -0.25) is 0 Å². The number of aromatic nitrogens is 1. The van der Waals surface area contributed by atoms with E-state index in [2.05, 4.69) is 36.3 Å². The Morgan fingerprint density at radius 2 is 2.16 bits per heavy atom. The number of benzene rings is 1. The Morgan fingerprint density at radius 3 is 2.89 bits per heavy atom. The molecule has 0 bridgehead atoms. The molecule has 5 heteroatoms. The quantitative estimate of drug-likeness (QED) is 0.789. The van der Waals surface area contributed by atoms with Gasteiger partial charge in [0.1, 0.15) is 5.75 Å². The number of anilines is 1. The van der Waals surface area contributed by atoms with Crippen molar-refractivity contribution in [2.24, 2.45) is 0 Å². The van der Waals surface area contributed by atoms with Crippen LogP contribution in [0.4, 0.5) is 5.13 Å². The van der Waals surface area contributed by atoms with E-state index in [1.54, 1.807) is 18.4 Å². The molecule has 0 fully saturated rings. The van der Waals surface area contributed by atoms with Gasteiger partial charge in [-0.05, 0) is 31.0 Å². The molecule has 104 valence electrons. The lowest BCUT2D eigenvalue weighted by atomic mass is 10.2. The SMILES string of the molecule is CCCOc1cc2sc(NCCOC)nc2cc1C. The Kier molecular flexibility index (Phi) is 4.99. The minimum Gasteiger partial charge on any atom is -0.493 e. The number of hydrogen-bond donors (Lipinski definition) is 1. The van der Waals surface area contributed by atoms with Crippen molar-refractivity contribution < 1.29 is 9.47 Å². The molecule has 1 aromatic carbocycles. The summed E-state index contributed by atoms with van der Waals surface area (Å²) in [6.07, 6.45) is 1.02. The summed E-state index contributed by atoms with van der Waals surface area (Å²) in [6.45, 7) is 6.37. The van der Waals surface area contributed by atoms with Gasteiger partial charge in [0.15, 0.2) is 5.13 Å². The third-order valence-electron chi connectivity index (χ3n) is 2.73. The van der Waals surface area contributed by atoms with Gasteiger partial charge in [0.05, 0.1) is 23.4 Å². The van der Waals surface area contributed by atoms with Crippen LogP contribution in [0.15, 0.2) is 12.1 Å². The van der Waals surface area contributed by atoms with Crippen LogP contribution in [-0.2, 0) is 4.74 Å². The highest BCUT2D eigenvalue weighted by Gasteiger charge is 2.08. The van der Waals surface area contributed by atoms with E-state index in [4.69, 9.17) is 9.47 Å². The summed E-state index contributed by atoms with van der Waals surface area (Å²) in [4.78, 5) is 4.56. The lowest BCUT2D eigenvalue weighted by molar-refractivity contribution is 0.211. The first-order chi connectivity index (χ1) is 9.24. The minimum absolute atomic E-state index is 0.680. The number of fused-ring (bicyclic) bond motifs is 1. The first kappa shape index (κ1) is 14.1. The Hall–Kier alpha value is -1.33. The number of rotatable bonds is 7. The second kappa shape index (κ2) is 6.73. The zero-order chi connectivity index (χ0) is 13.7. The number of nitrogens with one attached hydrogen (secondary N) is 1. The molecule has 0 amide bonds. The van der Waals surface area contributed by atoms with Crippen molar-refractivity contribution in [2.75, 3.05) is 32.2 Å². The third-order valence-corrected chi connectivity index (χ3v) is 3.71. The fourth-order valence-electron chi connectivity index (χ4n) is 1.76. The molecule has 0 radical (unpaired) electrons. The van der Waals surface area contributed by atoms with E-state index < -0.39 is 0 Å². The molecule has 4 nitrogen and oxygen atoms in total. The van der Waals surface area contributed by atoms with Crippen molar-refractivity contribution >= 4 is 26.7 Å². The fourth-order valence-corrected chi connectivity index (χ4v) is 2.66. The molecule has 0 saturated heterocycles. The molecule has 0 aliphatic carbocycles. The summed E-state index contributed by atoms with van der Waals surface area (Å²) < 4.78 is 11.9. The monoisotopic (exact) mass is 280 g/mol. The van der Waals surface area contributed by atoms with E-state index in [1.807, 2.05) is 0 Å². The lowest BCUT2D eigenvalue weighted by Crippen LogP contribution is -2.06. The van der Waals surface area contributed by atoms with Gasteiger partial charge in [-0.25, -0.2) is 4.98 Å². The van der Waals surface area contributed by atoms with Gasteiger partial charge in [-0.2, -0.15) is 0 Å². The largest absolute Gasteiger partial charge is 0.493 e. The molecule has 1 heterocycles. The summed E-state index contributed by atoms with van der Waals surface area (Å²) >= 11 is 1.65. The zero-order valence-corrected chi connectivity index (χ0v) is 12.5. The van der Waals surface area contributed by atoms with Crippen LogP contribution in [0.1, 0.15) is 18.9 Å². The summed E-state index contributed by atoms with van der Waals surface area (Å²) in [5, 5.41) is 4.19. The van der Waals surface area contributed by atoms with E-state index in [-0.39, 0.29) is 0 Å². The van der Waals surface area contributed by atoms with Crippen molar-refractivity contribution in [1.29, 1.82) is 0 Å². The van der Waals surface area contributed by atoms with Gasteiger partial charge in [0.25, 0.3) is 0 Å². The molecule has 0 atom stereocenters. The predicted molar refractivity (Wildman–Crippen MR) is 80.5 cm³/mol. The van der Waals surface area contributed by atoms with Crippen LogP contribution in [0, 0.1) is 6.92 Å². The standard InChI is InChI=1S/C14H20N2O2S/c1-4-6-18-12-9-13-11(8-10(12)2)16-14(19-13)15-5-7-17-3/h8-9H,4-7H2,1-3H3,(H,15,16). The molecule has 0 aliphatic heterocycles. The summed E-state index contributed by atoms with van der Waals surface area (Å²) in [6, 6.07) is 4.16. The first-order valence-electron chi connectivity index (χ1n) is 6.51. The lowest BCUT2D eigenvalue weighted by Gasteiger charge is -2.07. The number of thiazole rings is 1. The van der Waals surface area contributed by atoms with Gasteiger partial charge in [0, 0.05) is 13.7 Å². The Labute approximate surface area is 117 Å². The van der Waals surface area contributed by atoms with Gasteiger partial charge in [0.2, 0.25) is 0 Å². The second-order valence-electron chi connectivity index (χ2n) is 4.37. The summed E-state index contributed by atoms with van der Waals surface area (Å²) in [5.41, 5.74) is 2.15. The van der Waals surface area contributed by atoms with Gasteiger partial charge < -0.3 is 14.8 Å². The van der Waals surface area contributed by atoms with Crippen molar-refractivity contribution in [3.63, 3.8) is 0 Å². The van der Waals surface area contributed by atoms with Crippen LogP contribution < -0.4 is 10.1 Å². The summed E-state index contributed by atoms with van der Waals surface area (Å²) in [5.74, 6) is 0.960. The van der Waals surface area contributed by atoms with E-state index in [1.165, 1.54) is 0 Å². The molecule has 19 heavy (non-hydrogen) atoms. The van der Waals surface area contributed by atoms with Crippen LogP contribution in [-0.4, -0.2) is 31.9 Å². The third kappa shape index (κ3) is 3.58. The first-order valence-corrected chi connectivity index (χ1v) is 7.33. The van der Waals surface area contributed by atoms with Crippen LogP contribution in [0.2, 0.25) is 0 Å². The number of nitrogens with zero attached hydrogens (tertiary/aromatic N) is 1. The van der Waals surface area contributed by atoms with E-state index in [0.717, 1.165) is 46.2 Å². The Balaban J connectivity index is 2.17. The van der Waals surface area contributed by atoms with Crippen molar-refractivity contribution in [3.8, 4) is 5.75 Å². The summed E-state index contributed by atoms with van der Waals surface area (Å²) in [7, 11) is 1.70. The van der Waals surface area contributed by atoms with Crippen LogP contribution in [0.3, 0.4) is 0 Å². The number of hydrogen-bond acceptors (Lipinski definition) is 5. The molecular weight excluding hydrogens is 260 g/mol. The van der Waals surface area contributed by atoms with Crippen LogP contribution >= 0.6 is 11.3 Å². The molecule has 0 unspecified atom stereocenters. The predicted octanol–water partition coefficient (Wildman–Crippen LogP) is 3.45. The number of ether oxygens (including phenoxy) is 2. The van der Waals surface area contributed by atoms with Gasteiger partial charge >= 0.3 is 0 Å². The highest BCUT2D eigenvalue weighted by Crippen LogP contribution is 2.31. The average molecular weight is 280 g/mol. The maximum Gasteiger partial charge on any atom is 0.183 e. The molecule has 2 rings (SSSR count). The average Bonchev–Trinajstić information content (AvgIpc) is 2.78. The Morgan fingerprint density at radius 1 is 1.32 bits per heavy atom. The minimum atomic E-state index is 0.680. The number of aryl methyl sites for hydroxylation is 1. The van der Waals surface area contributed by atoms with Crippen LogP contribution in [0.25, 0.3) is 10.2 Å². The highest BCUT2D eigenvalue weighted by atomic mass is 32.1. The van der Waals surface area contributed by atoms with Gasteiger partial charge in [-0.15, -0.1) is 0 Å². The molecule has 0 spiro atoms. The molecule has 1 aromatic heterocycles. The second-order valence-corrected chi connectivity index (χ2v) is 5.40. The van der Waals surface area contributed by atoms with Gasteiger partial charge in [-0.1, -0.05) is 18.3 Å². The molecule has 1 N–H and O–H groups in total. The molecule has 2 aromatic rings. The smallest absolute Gasteiger partial charge is 0.183 e. The van der Waals surface area contributed by atoms with Crippen LogP contribution in [0.5, 0.6) is 5.75 Å². The molecular formula is C14H20N2O2S. The van der Waals surface area contributed by atoms with Crippen molar-refractivity contribution in [2.45, 2.75) is 20.3 Å². The van der Waals surface area contributed by atoms with E-state index in [9.17, 15) is 0 Å². The zero-order valence-electron chi connectivity index (χ0n) is 11.7. The Bertz CT molecular complexity index is 539. The molecule has 0 aliphatic rings. The van der Waals surface area contributed by atoms with Crippen molar-refractivity contribution in [3.05, 3.63) is 17.7 Å². The maximum atomic E-state index is 5.74. The van der Waals surface area contributed by atoms with E-state index >= 15 is 0 Å². The maximum absolute atomic E-state index is 5.74.